The van der Waals surface area contributed by atoms with E-state index in [1.165, 1.54) is 17.7 Å². The smallest absolute Gasteiger partial charge is 0.255 e. The molecule has 2 saturated carbocycles. The summed E-state index contributed by atoms with van der Waals surface area (Å²) in [6.07, 6.45) is 5.38. The lowest BCUT2D eigenvalue weighted by molar-refractivity contribution is -0.153. The number of benzene rings is 1. The highest BCUT2D eigenvalue weighted by molar-refractivity contribution is 6.24. The minimum Gasteiger partial charge on any atom is -0.508 e. The third kappa shape index (κ3) is 4.03. The number of Topliss-reactive ketones (excluding diaryl/α,β-unsaturated/α-hetero) is 2. The van der Waals surface area contributed by atoms with E-state index in [1.807, 2.05) is 25.1 Å². The molecule has 10 heteroatoms. The van der Waals surface area contributed by atoms with Gasteiger partial charge in [-0.25, -0.2) is 0 Å². The molecule has 0 saturated heterocycles. The zero-order valence-corrected chi connectivity index (χ0v) is 22.8. The number of rotatable bonds is 7. The number of likely N-dealkylation sites (N-methyl/N-ethyl adjacent to an activating group) is 1. The number of hydrogen-bond donors (Lipinski definition) is 5. The van der Waals surface area contributed by atoms with E-state index in [9.17, 15) is 34.8 Å². The summed E-state index contributed by atoms with van der Waals surface area (Å²) < 4.78 is 0. The van der Waals surface area contributed by atoms with Crippen LogP contribution in [0, 0.1) is 17.8 Å². The Bertz CT molecular complexity index is 1340. The predicted molar refractivity (Wildman–Crippen MR) is 144 cm³/mol. The van der Waals surface area contributed by atoms with Crippen LogP contribution in [0.15, 0.2) is 23.0 Å². The second-order valence-corrected chi connectivity index (χ2v) is 11.9. The highest BCUT2D eigenvalue weighted by atomic mass is 16.3. The first-order valence-electron chi connectivity index (χ1n) is 13.5. The second kappa shape index (κ2) is 9.38. The first-order chi connectivity index (χ1) is 18.3. The van der Waals surface area contributed by atoms with E-state index in [4.69, 9.17) is 5.73 Å². The molecule has 0 bridgehead atoms. The number of aliphatic hydroxyl groups is 3. The number of anilines is 1. The van der Waals surface area contributed by atoms with Gasteiger partial charge >= 0.3 is 0 Å². The van der Waals surface area contributed by atoms with Gasteiger partial charge in [0.15, 0.2) is 11.4 Å². The van der Waals surface area contributed by atoms with Crippen LogP contribution in [0.4, 0.5) is 5.69 Å². The van der Waals surface area contributed by atoms with Crippen LogP contribution >= 0.6 is 0 Å². The van der Waals surface area contributed by atoms with Gasteiger partial charge in [-0.3, -0.25) is 19.3 Å². The van der Waals surface area contributed by atoms with Crippen LogP contribution < -0.4 is 10.6 Å². The molecule has 0 aromatic heterocycles. The Balaban J connectivity index is 1.67. The van der Waals surface area contributed by atoms with E-state index >= 15 is 0 Å². The van der Waals surface area contributed by atoms with Crippen LogP contribution in [0.5, 0.6) is 5.75 Å². The SMILES string of the molecule is CN(C)c1cc(CCCC2CC2)c(O)c2c1C[C@H]1C[C@H]3C(N(C)C)C(=O)C(C(N)=O)=C(O)[C@@]3(O)C(=O)C1=C2O. The molecular formula is C29H37N3O7. The van der Waals surface area contributed by atoms with Gasteiger partial charge in [-0.2, -0.15) is 0 Å². The van der Waals surface area contributed by atoms with E-state index in [0.717, 1.165) is 24.4 Å². The molecule has 4 atom stereocenters. The Hall–Kier alpha value is -3.37. The van der Waals surface area contributed by atoms with Crippen LogP contribution in [0.25, 0.3) is 5.76 Å². The average Bonchev–Trinajstić information content (AvgIpc) is 3.66. The number of aromatic hydroxyl groups is 1. The Morgan fingerprint density at radius 1 is 1.13 bits per heavy atom. The molecule has 1 aromatic rings. The zero-order chi connectivity index (χ0) is 28.5. The molecule has 5 rings (SSSR count). The summed E-state index contributed by atoms with van der Waals surface area (Å²) in [7, 11) is 6.91. The highest BCUT2D eigenvalue weighted by Crippen LogP contribution is 2.54. The van der Waals surface area contributed by atoms with Crippen LogP contribution in [-0.2, 0) is 27.2 Å². The van der Waals surface area contributed by atoms with Crippen molar-refractivity contribution in [2.45, 2.75) is 56.6 Å². The Morgan fingerprint density at radius 3 is 2.36 bits per heavy atom. The van der Waals surface area contributed by atoms with Crippen molar-refractivity contribution >= 4 is 28.9 Å². The van der Waals surface area contributed by atoms with Gasteiger partial charge in [-0.15, -0.1) is 0 Å². The van der Waals surface area contributed by atoms with Gasteiger partial charge in [0.25, 0.3) is 5.91 Å². The number of aryl methyl sites for hydroxylation is 1. The van der Waals surface area contributed by atoms with Gasteiger partial charge in [0.2, 0.25) is 5.78 Å². The van der Waals surface area contributed by atoms with Crippen LogP contribution in [-0.4, -0.2) is 82.6 Å². The molecule has 4 aliphatic rings. The van der Waals surface area contributed by atoms with Crippen molar-refractivity contribution < 1.29 is 34.8 Å². The van der Waals surface area contributed by atoms with Crippen molar-refractivity contribution in [3.8, 4) is 5.75 Å². The normalized spacial score (nSPS) is 28.4. The van der Waals surface area contributed by atoms with Gasteiger partial charge in [0.05, 0.1) is 11.6 Å². The second-order valence-electron chi connectivity index (χ2n) is 11.9. The van der Waals surface area contributed by atoms with E-state index in [0.29, 0.717) is 17.5 Å². The van der Waals surface area contributed by atoms with Gasteiger partial charge in [-0.05, 0) is 68.8 Å². The largest absolute Gasteiger partial charge is 0.508 e. The molecule has 2 fully saturated rings. The topological polar surface area (TPSA) is 165 Å². The quantitative estimate of drug-likeness (QED) is 0.325. The summed E-state index contributed by atoms with van der Waals surface area (Å²) in [6, 6.07) is 0.832. The lowest BCUT2D eigenvalue weighted by Gasteiger charge is -2.50. The number of phenols is 1. The summed E-state index contributed by atoms with van der Waals surface area (Å²) in [5.74, 6) is -5.57. The van der Waals surface area contributed by atoms with E-state index in [2.05, 4.69) is 0 Å². The van der Waals surface area contributed by atoms with Crippen molar-refractivity contribution in [2.75, 3.05) is 33.1 Å². The first-order valence-corrected chi connectivity index (χ1v) is 13.5. The fourth-order valence-electron chi connectivity index (χ4n) is 6.92. The van der Waals surface area contributed by atoms with Crippen molar-refractivity contribution in [1.82, 2.24) is 4.90 Å². The molecule has 1 unspecified atom stereocenters. The first kappa shape index (κ1) is 27.2. The number of hydrogen-bond acceptors (Lipinski definition) is 9. The number of nitrogens with zero attached hydrogens (tertiary/aromatic N) is 2. The summed E-state index contributed by atoms with van der Waals surface area (Å²) in [4.78, 5) is 42.8. The fraction of sp³-hybridized carbons (Fsp3) is 0.552. The van der Waals surface area contributed by atoms with E-state index in [1.54, 1.807) is 14.1 Å². The van der Waals surface area contributed by atoms with Crippen LogP contribution in [0.3, 0.4) is 0 Å². The molecular weight excluding hydrogens is 502 g/mol. The average molecular weight is 540 g/mol. The van der Waals surface area contributed by atoms with Crippen molar-refractivity contribution in [3.63, 3.8) is 0 Å². The number of carbonyl (C=O) groups is 3. The van der Waals surface area contributed by atoms with Crippen molar-refractivity contribution in [2.24, 2.45) is 23.5 Å². The van der Waals surface area contributed by atoms with Crippen molar-refractivity contribution in [3.05, 3.63) is 39.7 Å². The van der Waals surface area contributed by atoms with Gasteiger partial charge < -0.3 is 31.1 Å². The molecule has 6 N–H and O–H groups in total. The molecule has 0 aliphatic heterocycles. The van der Waals surface area contributed by atoms with Crippen LogP contribution in [0.1, 0.15) is 48.8 Å². The lowest BCUT2D eigenvalue weighted by atomic mass is 9.57. The molecule has 4 aliphatic carbocycles. The minimum absolute atomic E-state index is 0.0720. The Labute approximate surface area is 227 Å². The van der Waals surface area contributed by atoms with Crippen LogP contribution in [0.2, 0.25) is 0 Å². The maximum atomic E-state index is 14.0. The molecule has 1 aromatic carbocycles. The van der Waals surface area contributed by atoms with E-state index < -0.39 is 58.0 Å². The third-order valence-electron chi connectivity index (χ3n) is 9.01. The zero-order valence-electron chi connectivity index (χ0n) is 22.8. The number of carbonyl (C=O) groups excluding carboxylic acids is 3. The maximum Gasteiger partial charge on any atom is 0.255 e. The Morgan fingerprint density at radius 2 is 1.79 bits per heavy atom. The van der Waals surface area contributed by atoms with Gasteiger partial charge in [-0.1, -0.05) is 19.3 Å². The maximum absolute atomic E-state index is 14.0. The van der Waals surface area contributed by atoms with Gasteiger partial charge in [0.1, 0.15) is 22.8 Å². The minimum atomic E-state index is -2.63. The lowest BCUT2D eigenvalue weighted by Crippen LogP contribution is -2.65. The summed E-state index contributed by atoms with van der Waals surface area (Å²) in [6.45, 7) is 0. The summed E-state index contributed by atoms with van der Waals surface area (Å²) in [5.41, 5.74) is 4.12. The number of amides is 1. The molecule has 0 radical (unpaired) electrons. The summed E-state index contributed by atoms with van der Waals surface area (Å²) >= 11 is 0. The number of aliphatic hydroxyl groups excluding tert-OH is 2. The highest BCUT2D eigenvalue weighted by Gasteiger charge is 2.64. The number of fused-ring (bicyclic) bond motifs is 3. The summed E-state index contributed by atoms with van der Waals surface area (Å²) in [5, 5.41) is 45.6. The third-order valence-corrected chi connectivity index (χ3v) is 9.01. The van der Waals surface area contributed by atoms with E-state index in [-0.39, 0.29) is 29.7 Å². The number of primary amides is 1. The van der Waals surface area contributed by atoms with Crippen molar-refractivity contribution in [1.29, 1.82) is 0 Å². The standard InChI is InChI=1S/C29H37N3O7/c1-31(2)18-12-14(7-5-6-13-8-9-13)23(33)20-16(18)10-15-11-17-22(32(3)4)25(35)21(28(30)38)27(37)29(17,39)26(36)19(15)24(20)34/h12-13,15,17,22,33-34,37,39H,5-11H2,1-4H3,(H2,30,38)/t15-,17-,22?,29-/m0/s1. The number of nitrogens with two attached hydrogens (primary N) is 1. The number of ketones is 2. The molecule has 210 valence electrons. The Kier molecular flexibility index (Phi) is 6.54. The van der Waals surface area contributed by atoms with Gasteiger partial charge in [0, 0.05) is 31.3 Å². The fourth-order valence-corrected chi connectivity index (χ4v) is 6.92. The molecule has 1 amide bonds. The number of phenolic OH excluding ortho intramolecular Hbond substituents is 1. The monoisotopic (exact) mass is 539 g/mol. The molecule has 0 spiro atoms. The predicted octanol–water partition coefficient (Wildman–Crippen LogP) is 1.76. The molecule has 39 heavy (non-hydrogen) atoms. The molecule has 10 nitrogen and oxygen atoms in total. The molecule has 0 heterocycles.